The van der Waals surface area contributed by atoms with Crippen molar-refractivity contribution in [1.82, 2.24) is 9.78 Å². The first kappa shape index (κ1) is 11.3. The number of hydrogen-bond donors (Lipinski definition) is 1. The maximum Gasteiger partial charge on any atom is 0.159 e. The summed E-state index contributed by atoms with van der Waals surface area (Å²) in [4.78, 5) is 0. The van der Waals surface area contributed by atoms with Crippen molar-refractivity contribution in [2.45, 2.75) is 33.7 Å². The van der Waals surface area contributed by atoms with Crippen LogP contribution < -0.4 is 5.73 Å². The number of hydrogen-bond acceptors (Lipinski definition) is 2. The summed E-state index contributed by atoms with van der Waals surface area (Å²) in [6, 6.07) is 0. The SMILES string of the molecule is CC(C)=C(C)CCn1cc(Br)c(N)n1. The molecule has 0 spiro atoms. The Labute approximate surface area is 93.1 Å². The monoisotopic (exact) mass is 257 g/mol. The van der Waals surface area contributed by atoms with Gasteiger partial charge in [-0.1, -0.05) is 11.1 Å². The van der Waals surface area contributed by atoms with Crippen molar-refractivity contribution >= 4 is 21.7 Å². The standard InChI is InChI=1S/C10H16BrN3/c1-7(2)8(3)4-5-14-6-9(11)10(12)13-14/h6H,4-5H2,1-3H3,(H2,12,13). The molecule has 1 aromatic heterocycles. The van der Waals surface area contributed by atoms with Crippen LogP contribution in [-0.4, -0.2) is 9.78 Å². The van der Waals surface area contributed by atoms with E-state index in [0.29, 0.717) is 5.82 Å². The smallest absolute Gasteiger partial charge is 0.159 e. The van der Waals surface area contributed by atoms with E-state index in [1.807, 2.05) is 10.9 Å². The van der Waals surface area contributed by atoms with Crippen molar-refractivity contribution in [2.75, 3.05) is 5.73 Å². The van der Waals surface area contributed by atoms with Crippen molar-refractivity contribution in [3.8, 4) is 0 Å². The van der Waals surface area contributed by atoms with Gasteiger partial charge in [-0.15, -0.1) is 0 Å². The summed E-state index contributed by atoms with van der Waals surface area (Å²) in [7, 11) is 0. The molecular weight excluding hydrogens is 242 g/mol. The lowest BCUT2D eigenvalue weighted by Crippen LogP contribution is -2.00. The lowest BCUT2D eigenvalue weighted by atomic mass is 10.1. The number of nitrogens with zero attached hydrogens (tertiary/aromatic N) is 2. The molecule has 0 saturated carbocycles. The van der Waals surface area contributed by atoms with Crippen molar-refractivity contribution in [1.29, 1.82) is 0 Å². The molecule has 0 fully saturated rings. The van der Waals surface area contributed by atoms with E-state index < -0.39 is 0 Å². The van der Waals surface area contributed by atoms with Crippen LogP contribution in [0.4, 0.5) is 5.82 Å². The van der Waals surface area contributed by atoms with Crippen LogP contribution in [0.1, 0.15) is 27.2 Å². The van der Waals surface area contributed by atoms with E-state index in [-0.39, 0.29) is 0 Å². The summed E-state index contributed by atoms with van der Waals surface area (Å²) in [5.74, 6) is 0.555. The van der Waals surface area contributed by atoms with Gasteiger partial charge >= 0.3 is 0 Å². The maximum atomic E-state index is 5.62. The van der Waals surface area contributed by atoms with Gasteiger partial charge in [0.15, 0.2) is 5.82 Å². The Morgan fingerprint density at radius 3 is 2.57 bits per heavy atom. The normalized spacial score (nSPS) is 10.3. The number of aryl methyl sites for hydroxylation is 1. The summed E-state index contributed by atoms with van der Waals surface area (Å²) in [5, 5.41) is 4.17. The van der Waals surface area contributed by atoms with Gasteiger partial charge in [-0.25, -0.2) is 0 Å². The van der Waals surface area contributed by atoms with E-state index in [9.17, 15) is 0 Å². The van der Waals surface area contributed by atoms with Crippen LogP contribution in [0.2, 0.25) is 0 Å². The fraction of sp³-hybridized carbons (Fsp3) is 0.500. The van der Waals surface area contributed by atoms with E-state index >= 15 is 0 Å². The van der Waals surface area contributed by atoms with Gasteiger partial charge in [0.1, 0.15) is 0 Å². The van der Waals surface area contributed by atoms with Crippen LogP contribution in [0.5, 0.6) is 0 Å². The van der Waals surface area contributed by atoms with Crippen LogP contribution in [0.15, 0.2) is 21.8 Å². The van der Waals surface area contributed by atoms with Gasteiger partial charge in [-0.05, 0) is 43.1 Å². The quantitative estimate of drug-likeness (QED) is 0.847. The third kappa shape index (κ3) is 2.87. The number of halogens is 1. The molecule has 2 N–H and O–H groups in total. The highest BCUT2D eigenvalue weighted by molar-refractivity contribution is 9.10. The van der Waals surface area contributed by atoms with Gasteiger partial charge in [-0.2, -0.15) is 5.10 Å². The maximum absolute atomic E-state index is 5.62. The first-order chi connectivity index (χ1) is 6.50. The predicted molar refractivity (Wildman–Crippen MR) is 63.0 cm³/mol. The van der Waals surface area contributed by atoms with Crippen LogP contribution in [0.25, 0.3) is 0 Å². The van der Waals surface area contributed by atoms with Crippen LogP contribution >= 0.6 is 15.9 Å². The number of allylic oxidation sites excluding steroid dienone is 2. The molecule has 3 nitrogen and oxygen atoms in total. The van der Waals surface area contributed by atoms with Crippen LogP contribution in [-0.2, 0) is 6.54 Å². The minimum Gasteiger partial charge on any atom is -0.381 e. The second-order valence-corrected chi connectivity index (χ2v) is 4.51. The molecule has 0 atom stereocenters. The van der Waals surface area contributed by atoms with Gasteiger partial charge < -0.3 is 5.73 Å². The molecule has 4 heteroatoms. The van der Waals surface area contributed by atoms with Gasteiger partial charge in [0.2, 0.25) is 0 Å². The summed E-state index contributed by atoms with van der Waals surface area (Å²) < 4.78 is 2.73. The molecule has 0 bridgehead atoms. The van der Waals surface area contributed by atoms with Crippen molar-refractivity contribution in [3.05, 3.63) is 21.8 Å². The molecule has 0 aliphatic rings. The summed E-state index contributed by atoms with van der Waals surface area (Å²) >= 11 is 3.33. The molecule has 1 heterocycles. The molecule has 1 rings (SSSR count). The zero-order chi connectivity index (χ0) is 10.7. The van der Waals surface area contributed by atoms with Gasteiger partial charge in [0.05, 0.1) is 4.47 Å². The molecule has 14 heavy (non-hydrogen) atoms. The second kappa shape index (κ2) is 4.64. The summed E-state index contributed by atoms with van der Waals surface area (Å²) in [6.07, 6.45) is 2.93. The Balaban J connectivity index is 2.59. The van der Waals surface area contributed by atoms with E-state index in [1.54, 1.807) is 0 Å². The number of rotatable bonds is 3. The average molecular weight is 258 g/mol. The molecule has 1 aromatic rings. The molecule has 0 radical (unpaired) electrons. The average Bonchev–Trinajstić information content (AvgIpc) is 2.42. The van der Waals surface area contributed by atoms with Crippen molar-refractivity contribution in [2.24, 2.45) is 0 Å². The number of aromatic nitrogens is 2. The predicted octanol–water partition coefficient (Wildman–Crippen LogP) is 2.97. The van der Waals surface area contributed by atoms with Crippen molar-refractivity contribution in [3.63, 3.8) is 0 Å². The molecule has 0 unspecified atom stereocenters. The molecule has 0 aromatic carbocycles. The Morgan fingerprint density at radius 2 is 2.14 bits per heavy atom. The fourth-order valence-electron chi connectivity index (χ4n) is 1.06. The number of nitrogen functional groups attached to an aromatic ring is 1. The Morgan fingerprint density at radius 1 is 1.50 bits per heavy atom. The van der Waals surface area contributed by atoms with E-state index in [0.717, 1.165) is 17.4 Å². The number of nitrogens with two attached hydrogens (primary N) is 1. The first-order valence-corrected chi connectivity index (χ1v) is 5.41. The van der Waals surface area contributed by atoms with E-state index in [2.05, 4.69) is 41.8 Å². The summed E-state index contributed by atoms with van der Waals surface area (Å²) in [5.41, 5.74) is 8.41. The first-order valence-electron chi connectivity index (χ1n) is 4.62. The van der Waals surface area contributed by atoms with Gasteiger partial charge in [-0.3, -0.25) is 4.68 Å². The molecule has 0 amide bonds. The van der Waals surface area contributed by atoms with E-state index in [4.69, 9.17) is 5.73 Å². The number of anilines is 1. The third-order valence-corrected chi connectivity index (χ3v) is 2.92. The second-order valence-electron chi connectivity index (χ2n) is 3.66. The highest BCUT2D eigenvalue weighted by Gasteiger charge is 2.02. The fourth-order valence-corrected chi connectivity index (χ4v) is 1.37. The molecule has 0 aliphatic carbocycles. The van der Waals surface area contributed by atoms with E-state index in [1.165, 1.54) is 11.1 Å². The minimum atomic E-state index is 0.555. The Bertz CT molecular complexity index is 329. The lowest BCUT2D eigenvalue weighted by molar-refractivity contribution is 0.612. The zero-order valence-corrected chi connectivity index (χ0v) is 10.4. The third-order valence-electron chi connectivity index (χ3n) is 2.31. The topological polar surface area (TPSA) is 43.8 Å². The molecular formula is C10H16BrN3. The van der Waals surface area contributed by atoms with Crippen molar-refractivity contribution < 1.29 is 0 Å². The van der Waals surface area contributed by atoms with Gasteiger partial charge in [0, 0.05) is 12.7 Å². The Kier molecular flexibility index (Phi) is 3.75. The largest absolute Gasteiger partial charge is 0.381 e. The molecule has 78 valence electrons. The molecule has 0 aliphatic heterocycles. The molecule has 0 saturated heterocycles. The van der Waals surface area contributed by atoms with Gasteiger partial charge in [0.25, 0.3) is 0 Å². The van der Waals surface area contributed by atoms with Crippen LogP contribution in [0.3, 0.4) is 0 Å². The van der Waals surface area contributed by atoms with Crippen LogP contribution in [0, 0.1) is 0 Å². The lowest BCUT2D eigenvalue weighted by Gasteiger charge is -2.03. The highest BCUT2D eigenvalue weighted by Crippen LogP contribution is 2.17. The zero-order valence-electron chi connectivity index (χ0n) is 8.84. The Hall–Kier alpha value is -0.770. The summed E-state index contributed by atoms with van der Waals surface area (Å²) in [6.45, 7) is 7.29. The minimum absolute atomic E-state index is 0.555. The highest BCUT2D eigenvalue weighted by atomic mass is 79.9.